The molecule has 0 aromatic heterocycles. The van der Waals surface area contributed by atoms with E-state index in [9.17, 15) is 4.79 Å². The van der Waals surface area contributed by atoms with Crippen LogP contribution in [0.2, 0.25) is 5.02 Å². The van der Waals surface area contributed by atoms with Crippen molar-refractivity contribution in [3.05, 3.63) is 64.3 Å². The molecule has 0 radical (unpaired) electrons. The van der Waals surface area contributed by atoms with Crippen LogP contribution >= 0.6 is 11.6 Å². The molecule has 0 spiro atoms. The summed E-state index contributed by atoms with van der Waals surface area (Å²) in [5.74, 6) is 0.377. The maximum absolute atomic E-state index is 12.1. The standard InChI is InChI=1S/C19H19ClN2O/c1-11(2)15-6-5-14(8-12(15)3)21-10-17-16-9-13(20)4-7-18(16)22-19(17)23/h4-11,21H,1-3H3,(H,22,23)/b17-10+. The molecule has 0 bridgehead atoms. The monoisotopic (exact) mass is 326 g/mol. The number of nitrogens with one attached hydrogen (secondary N) is 2. The molecular weight excluding hydrogens is 308 g/mol. The van der Waals surface area contributed by atoms with Crippen molar-refractivity contribution >= 4 is 34.5 Å². The van der Waals surface area contributed by atoms with Crippen molar-refractivity contribution < 1.29 is 4.79 Å². The van der Waals surface area contributed by atoms with Crippen molar-refractivity contribution in [1.29, 1.82) is 0 Å². The Morgan fingerprint density at radius 2 is 1.96 bits per heavy atom. The predicted octanol–water partition coefficient (Wildman–Crippen LogP) is 5.18. The molecule has 2 N–H and O–H groups in total. The van der Waals surface area contributed by atoms with Gasteiger partial charge in [-0.3, -0.25) is 4.79 Å². The van der Waals surface area contributed by atoms with Crippen LogP contribution in [0.1, 0.15) is 36.5 Å². The molecule has 0 saturated heterocycles. The zero-order valence-corrected chi connectivity index (χ0v) is 14.2. The molecule has 3 rings (SSSR count). The number of carbonyl (C=O) groups excluding carboxylic acids is 1. The maximum atomic E-state index is 12.1. The van der Waals surface area contributed by atoms with Gasteiger partial charge in [-0.05, 0) is 54.3 Å². The van der Waals surface area contributed by atoms with E-state index in [4.69, 9.17) is 11.6 Å². The minimum Gasteiger partial charge on any atom is -0.361 e. The summed E-state index contributed by atoms with van der Waals surface area (Å²) in [6, 6.07) is 11.6. The molecule has 1 amide bonds. The van der Waals surface area contributed by atoms with Crippen LogP contribution in [0, 0.1) is 6.92 Å². The van der Waals surface area contributed by atoms with E-state index in [1.807, 2.05) is 12.1 Å². The van der Waals surface area contributed by atoms with E-state index in [0.717, 1.165) is 16.9 Å². The largest absolute Gasteiger partial charge is 0.361 e. The smallest absolute Gasteiger partial charge is 0.257 e. The Bertz CT molecular complexity index is 809. The van der Waals surface area contributed by atoms with Crippen LogP contribution in [0.25, 0.3) is 5.57 Å². The van der Waals surface area contributed by atoms with Gasteiger partial charge in [0, 0.05) is 28.2 Å². The third-order valence-corrected chi connectivity index (χ3v) is 4.27. The number of benzene rings is 2. The Kier molecular flexibility index (Phi) is 4.14. The summed E-state index contributed by atoms with van der Waals surface area (Å²) >= 11 is 6.03. The molecule has 2 aromatic rings. The quantitative estimate of drug-likeness (QED) is 0.763. The fraction of sp³-hybridized carbons (Fsp3) is 0.211. The summed E-state index contributed by atoms with van der Waals surface area (Å²) in [6.07, 6.45) is 1.74. The number of aryl methyl sites for hydroxylation is 1. The Labute approximate surface area is 141 Å². The van der Waals surface area contributed by atoms with Crippen LogP contribution in [0.15, 0.2) is 42.6 Å². The van der Waals surface area contributed by atoms with Gasteiger partial charge in [0.15, 0.2) is 0 Å². The normalized spacial score (nSPS) is 15.0. The second-order valence-electron chi connectivity index (χ2n) is 6.07. The highest BCUT2D eigenvalue weighted by Crippen LogP contribution is 2.33. The summed E-state index contributed by atoms with van der Waals surface area (Å²) in [6.45, 7) is 6.47. The number of hydrogen-bond donors (Lipinski definition) is 2. The second kappa shape index (κ2) is 6.09. The first-order chi connectivity index (χ1) is 11.0. The molecule has 0 aliphatic carbocycles. The third-order valence-electron chi connectivity index (χ3n) is 4.04. The van der Waals surface area contributed by atoms with Crippen molar-refractivity contribution in [3.8, 4) is 0 Å². The fourth-order valence-corrected chi connectivity index (χ4v) is 3.04. The summed E-state index contributed by atoms with van der Waals surface area (Å²) in [7, 11) is 0. The highest BCUT2D eigenvalue weighted by Gasteiger charge is 2.24. The molecule has 3 nitrogen and oxygen atoms in total. The van der Waals surface area contributed by atoms with Gasteiger partial charge in [-0.15, -0.1) is 0 Å². The van der Waals surface area contributed by atoms with Crippen LogP contribution in [-0.2, 0) is 4.79 Å². The number of rotatable bonds is 3. The van der Waals surface area contributed by atoms with Gasteiger partial charge in [0.05, 0.1) is 5.57 Å². The van der Waals surface area contributed by atoms with Gasteiger partial charge in [0.25, 0.3) is 5.91 Å². The summed E-state index contributed by atoms with van der Waals surface area (Å²) < 4.78 is 0. The number of hydrogen-bond acceptors (Lipinski definition) is 2. The SMILES string of the molecule is Cc1cc(N/C=C2/C(=O)Nc3ccc(Cl)cc32)ccc1C(C)C. The first-order valence-corrected chi connectivity index (χ1v) is 8.02. The van der Waals surface area contributed by atoms with Gasteiger partial charge in [-0.2, -0.15) is 0 Å². The van der Waals surface area contributed by atoms with Gasteiger partial charge in [-0.25, -0.2) is 0 Å². The lowest BCUT2D eigenvalue weighted by molar-refractivity contribution is -0.110. The number of fused-ring (bicyclic) bond motifs is 1. The Hall–Kier alpha value is -2.26. The fourth-order valence-electron chi connectivity index (χ4n) is 2.87. The summed E-state index contributed by atoms with van der Waals surface area (Å²) in [4.78, 5) is 12.1. The van der Waals surface area contributed by atoms with E-state index in [0.29, 0.717) is 16.5 Å². The molecule has 1 aliphatic rings. The highest BCUT2D eigenvalue weighted by atomic mass is 35.5. The molecule has 4 heteroatoms. The Morgan fingerprint density at radius 3 is 2.65 bits per heavy atom. The molecular formula is C19H19ClN2O. The van der Waals surface area contributed by atoms with Crippen molar-refractivity contribution in [3.63, 3.8) is 0 Å². The molecule has 2 aromatic carbocycles. The molecule has 0 fully saturated rings. The topological polar surface area (TPSA) is 41.1 Å². The summed E-state index contributed by atoms with van der Waals surface area (Å²) in [5, 5.41) is 6.67. The van der Waals surface area contributed by atoms with Crippen LogP contribution < -0.4 is 10.6 Å². The first-order valence-electron chi connectivity index (χ1n) is 7.64. The van der Waals surface area contributed by atoms with Crippen molar-refractivity contribution in [2.75, 3.05) is 10.6 Å². The van der Waals surface area contributed by atoms with Gasteiger partial charge >= 0.3 is 0 Å². The molecule has 1 heterocycles. The van der Waals surface area contributed by atoms with E-state index < -0.39 is 0 Å². The zero-order valence-electron chi connectivity index (χ0n) is 13.4. The summed E-state index contributed by atoms with van der Waals surface area (Å²) in [5.41, 5.74) is 5.74. The Balaban J connectivity index is 1.88. The van der Waals surface area contributed by atoms with Crippen molar-refractivity contribution in [2.45, 2.75) is 26.7 Å². The molecule has 23 heavy (non-hydrogen) atoms. The predicted molar refractivity (Wildman–Crippen MR) is 96.9 cm³/mol. The minimum absolute atomic E-state index is 0.120. The average Bonchev–Trinajstić information content (AvgIpc) is 2.79. The lowest BCUT2D eigenvalue weighted by Gasteiger charge is -2.11. The van der Waals surface area contributed by atoms with Gasteiger partial charge < -0.3 is 10.6 Å². The van der Waals surface area contributed by atoms with Crippen LogP contribution in [0.5, 0.6) is 0 Å². The van der Waals surface area contributed by atoms with Crippen LogP contribution in [0.4, 0.5) is 11.4 Å². The number of amides is 1. The molecule has 0 saturated carbocycles. The number of carbonyl (C=O) groups is 1. The van der Waals surface area contributed by atoms with Gasteiger partial charge in [0.1, 0.15) is 0 Å². The highest BCUT2D eigenvalue weighted by molar-refractivity contribution is 6.34. The van der Waals surface area contributed by atoms with Crippen LogP contribution in [0.3, 0.4) is 0 Å². The van der Waals surface area contributed by atoms with E-state index in [2.05, 4.69) is 43.5 Å². The van der Waals surface area contributed by atoms with E-state index in [1.165, 1.54) is 11.1 Å². The van der Waals surface area contributed by atoms with E-state index in [1.54, 1.807) is 18.3 Å². The van der Waals surface area contributed by atoms with E-state index >= 15 is 0 Å². The number of halogens is 1. The van der Waals surface area contributed by atoms with Crippen molar-refractivity contribution in [2.24, 2.45) is 0 Å². The van der Waals surface area contributed by atoms with E-state index in [-0.39, 0.29) is 5.91 Å². The molecule has 118 valence electrons. The first kappa shape index (κ1) is 15.6. The Morgan fingerprint density at radius 1 is 1.17 bits per heavy atom. The average molecular weight is 327 g/mol. The zero-order chi connectivity index (χ0) is 16.6. The maximum Gasteiger partial charge on any atom is 0.257 e. The lowest BCUT2D eigenvalue weighted by atomic mass is 9.98. The van der Waals surface area contributed by atoms with Crippen molar-refractivity contribution in [1.82, 2.24) is 0 Å². The molecule has 0 unspecified atom stereocenters. The second-order valence-corrected chi connectivity index (χ2v) is 6.51. The number of anilines is 2. The molecule has 0 atom stereocenters. The minimum atomic E-state index is -0.120. The molecule has 1 aliphatic heterocycles. The lowest BCUT2D eigenvalue weighted by Crippen LogP contribution is -2.05. The third kappa shape index (κ3) is 3.10. The van der Waals surface area contributed by atoms with Gasteiger partial charge in [0.2, 0.25) is 0 Å². The van der Waals surface area contributed by atoms with Crippen LogP contribution in [-0.4, -0.2) is 5.91 Å². The van der Waals surface area contributed by atoms with Gasteiger partial charge in [-0.1, -0.05) is 31.5 Å².